The topological polar surface area (TPSA) is 15.3 Å². The van der Waals surface area contributed by atoms with Gasteiger partial charge in [-0.1, -0.05) is 0 Å². The molecule has 0 spiro atoms. The molecule has 0 aromatic carbocycles. The molecular formula is C13H21BrN2S. The second kappa shape index (κ2) is 5.39. The normalized spacial score (nSPS) is 20.7. The average Bonchev–Trinajstić information content (AvgIpc) is 2.62. The van der Waals surface area contributed by atoms with E-state index in [-0.39, 0.29) is 0 Å². The summed E-state index contributed by atoms with van der Waals surface area (Å²) in [5.41, 5.74) is 0.350. The fraction of sp³-hybridized carbons (Fsp3) is 0.692. The maximum absolute atomic E-state index is 3.59. The van der Waals surface area contributed by atoms with Crippen LogP contribution in [0.5, 0.6) is 0 Å². The molecule has 2 nitrogen and oxygen atoms in total. The third-order valence-corrected chi connectivity index (χ3v) is 5.97. The average molecular weight is 317 g/mol. The van der Waals surface area contributed by atoms with Crippen LogP contribution in [0.3, 0.4) is 0 Å². The first-order valence-corrected chi connectivity index (χ1v) is 7.79. The quantitative estimate of drug-likeness (QED) is 0.919. The van der Waals surface area contributed by atoms with Crippen molar-refractivity contribution in [1.82, 2.24) is 10.2 Å². The van der Waals surface area contributed by atoms with Gasteiger partial charge in [0.05, 0.1) is 0 Å². The molecule has 1 N–H and O–H groups in total. The Hall–Kier alpha value is 0.1000. The van der Waals surface area contributed by atoms with Crippen LogP contribution in [-0.4, -0.2) is 30.6 Å². The maximum Gasteiger partial charge on any atom is 0.0328 e. The van der Waals surface area contributed by atoms with E-state index in [0.29, 0.717) is 5.54 Å². The van der Waals surface area contributed by atoms with Crippen molar-refractivity contribution in [3.63, 3.8) is 0 Å². The van der Waals surface area contributed by atoms with Crippen molar-refractivity contribution in [3.8, 4) is 0 Å². The molecule has 17 heavy (non-hydrogen) atoms. The van der Waals surface area contributed by atoms with E-state index in [4.69, 9.17) is 0 Å². The first-order valence-electron chi connectivity index (χ1n) is 6.18. The van der Waals surface area contributed by atoms with E-state index < -0.39 is 0 Å². The fourth-order valence-corrected chi connectivity index (χ4v) is 3.92. The summed E-state index contributed by atoms with van der Waals surface area (Å²) in [6.07, 6.45) is 2.49. The van der Waals surface area contributed by atoms with E-state index in [1.807, 2.05) is 11.3 Å². The van der Waals surface area contributed by atoms with Crippen molar-refractivity contribution >= 4 is 27.3 Å². The SMILES string of the molecule is CNC1(C)CCN(Cc2cc(Br)c(C)s2)CC1. The molecule has 0 aliphatic carbocycles. The monoisotopic (exact) mass is 316 g/mol. The van der Waals surface area contributed by atoms with Crippen LogP contribution in [0.15, 0.2) is 10.5 Å². The lowest BCUT2D eigenvalue weighted by Gasteiger charge is -2.39. The molecule has 0 radical (unpaired) electrons. The first kappa shape index (κ1) is 13.5. The Labute approximate surface area is 117 Å². The van der Waals surface area contributed by atoms with Crippen LogP contribution in [0.4, 0.5) is 0 Å². The summed E-state index contributed by atoms with van der Waals surface area (Å²) in [6, 6.07) is 2.27. The van der Waals surface area contributed by atoms with Crippen LogP contribution in [-0.2, 0) is 6.54 Å². The molecule has 4 heteroatoms. The van der Waals surface area contributed by atoms with Crippen molar-refractivity contribution in [3.05, 3.63) is 20.3 Å². The highest BCUT2D eigenvalue weighted by Crippen LogP contribution is 2.29. The Morgan fingerprint density at radius 2 is 2.12 bits per heavy atom. The number of likely N-dealkylation sites (tertiary alicyclic amines) is 1. The van der Waals surface area contributed by atoms with Crippen LogP contribution in [0.1, 0.15) is 29.5 Å². The molecule has 0 bridgehead atoms. The van der Waals surface area contributed by atoms with E-state index >= 15 is 0 Å². The van der Waals surface area contributed by atoms with Gasteiger partial charge in [0, 0.05) is 39.4 Å². The maximum atomic E-state index is 3.59. The Morgan fingerprint density at radius 1 is 1.47 bits per heavy atom. The Kier molecular flexibility index (Phi) is 4.29. The lowest BCUT2D eigenvalue weighted by atomic mass is 9.90. The van der Waals surface area contributed by atoms with Gasteiger partial charge in [0.15, 0.2) is 0 Å². The molecule has 1 saturated heterocycles. The van der Waals surface area contributed by atoms with E-state index in [1.54, 1.807) is 0 Å². The summed E-state index contributed by atoms with van der Waals surface area (Å²) in [5.74, 6) is 0. The molecule has 1 aliphatic rings. The van der Waals surface area contributed by atoms with Crippen LogP contribution in [0.2, 0.25) is 0 Å². The molecule has 1 fully saturated rings. The number of piperidine rings is 1. The third kappa shape index (κ3) is 3.31. The molecule has 0 unspecified atom stereocenters. The van der Waals surface area contributed by atoms with Gasteiger partial charge >= 0.3 is 0 Å². The first-order chi connectivity index (χ1) is 8.02. The fourth-order valence-electron chi connectivity index (χ4n) is 2.27. The Balaban J connectivity index is 1.90. The van der Waals surface area contributed by atoms with Gasteiger partial charge in [-0.05, 0) is 55.7 Å². The highest BCUT2D eigenvalue weighted by molar-refractivity contribution is 9.10. The molecule has 2 heterocycles. The zero-order valence-electron chi connectivity index (χ0n) is 10.8. The highest BCUT2D eigenvalue weighted by Gasteiger charge is 2.28. The van der Waals surface area contributed by atoms with Gasteiger partial charge in [-0.15, -0.1) is 11.3 Å². The lowest BCUT2D eigenvalue weighted by Crippen LogP contribution is -2.49. The van der Waals surface area contributed by atoms with Crippen LogP contribution >= 0.6 is 27.3 Å². The second-order valence-corrected chi connectivity index (χ2v) is 7.40. The van der Waals surface area contributed by atoms with Crippen LogP contribution in [0.25, 0.3) is 0 Å². The minimum atomic E-state index is 0.350. The van der Waals surface area contributed by atoms with Gasteiger partial charge in [-0.2, -0.15) is 0 Å². The number of halogens is 1. The Bertz CT molecular complexity index is 361. The van der Waals surface area contributed by atoms with Crippen molar-refractivity contribution in [1.29, 1.82) is 0 Å². The van der Waals surface area contributed by atoms with Gasteiger partial charge in [0.1, 0.15) is 0 Å². The number of nitrogens with one attached hydrogen (secondary N) is 1. The van der Waals surface area contributed by atoms with Crippen molar-refractivity contribution in [2.75, 3.05) is 20.1 Å². The molecule has 0 saturated carbocycles. The number of rotatable bonds is 3. The highest BCUT2D eigenvalue weighted by atomic mass is 79.9. The third-order valence-electron chi connectivity index (χ3n) is 3.85. The van der Waals surface area contributed by atoms with E-state index in [2.05, 4.69) is 53.1 Å². The molecule has 0 atom stereocenters. The van der Waals surface area contributed by atoms with Crippen molar-refractivity contribution < 1.29 is 0 Å². The standard InChI is InChI=1S/C13H21BrN2S/c1-10-12(14)8-11(17-10)9-16-6-4-13(2,15-3)5-7-16/h8,15H,4-7,9H2,1-3H3. The number of thiophene rings is 1. The summed E-state index contributed by atoms with van der Waals surface area (Å²) < 4.78 is 1.26. The predicted octanol–water partition coefficient (Wildman–Crippen LogP) is 3.39. The van der Waals surface area contributed by atoms with E-state index in [9.17, 15) is 0 Å². The number of hydrogen-bond donors (Lipinski definition) is 1. The van der Waals surface area contributed by atoms with Crippen molar-refractivity contribution in [2.24, 2.45) is 0 Å². The van der Waals surface area contributed by atoms with Crippen LogP contribution < -0.4 is 5.32 Å². The van der Waals surface area contributed by atoms with E-state index in [0.717, 1.165) is 6.54 Å². The minimum Gasteiger partial charge on any atom is -0.314 e. The smallest absolute Gasteiger partial charge is 0.0328 e. The van der Waals surface area contributed by atoms with Gasteiger partial charge in [0.25, 0.3) is 0 Å². The van der Waals surface area contributed by atoms with Crippen molar-refractivity contribution in [2.45, 2.75) is 38.8 Å². The van der Waals surface area contributed by atoms with E-state index in [1.165, 1.54) is 40.2 Å². The molecule has 1 aromatic heterocycles. The summed E-state index contributed by atoms with van der Waals surface area (Å²) >= 11 is 5.50. The number of hydrogen-bond acceptors (Lipinski definition) is 3. The van der Waals surface area contributed by atoms with Gasteiger partial charge in [0.2, 0.25) is 0 Å². The summed E-state index contributed by atoms with van der Waals surface area (Å²) in [6.45, 7) is 8.01. The summed E-state index contributed by atoms with van der Waals surface area (Å²) in [4.78, 5) is 5.43. The molecular weight excluding hydrogens is 296 g/mol. The summed E-state index contributed by atoms with van der Waals surface area (Å²) in [5, 5.41) is 3.45. The van der Waals surface area contributed by atoms with Gasteiger partial charge < -0.3 is 5.32 Å². The molecule has 2 rings (SSSR count). The second-order valence-electron chi connectivity index (χ2n) is 5.20. The molecule has 1 aromatic rings. The Morgan fingerprint density at radius 3 is 2.59 bits per heavy atom. The predicted molar refractivity (Wildman–Crippen MR) is 78.7 cm³/mol. The summed E-state index contributed by atoms with van der Waals surface area (Å²) in [7, 11) is 2.08. The van der Waals surface area contributed by atoms with Crippen LogP contribution in [0, 0.1) is 6.92 Å². The minimum absolute atomic E-state index is 0.350. The largest absolute Gasteiger partial charge is 0.314 e. The molecule has 0 amide bonds. The number of nitrogens with zero attached hydrogens (tertiary/aromatic N) is 1. The zero-order chi connectivity index (χ0) is 12.5. The van der Waals surface area contributed by atoms with Gasteiger partial charge in [-0.3, -0.25) is 4.90 Å². The van der Waals surface area contributed by atoms with Gasteiger partial charge in [-0.25, -0.2) is 0 Å². The number of aryl methyl sites for hydroxylation is 1. The zero-order valence-corrected chi connectivity index (χ0v) is 13.2. The lowest BCUT2D eigenvalue weighted by molar-refractivity contribution is 0.147. The molecule has 96 valence electrons. The molecule has 1 aliphatic heterocycles.